The van der Waals surface area contributed by atoms with Crippen molar-refractivity contribution in [2.75, 3.05) is 13.2 Å². The topological polar surface area (TPSA) is 119 Å². The van der Waals surface area contributed by atoms with E-state index < -0.39 is 43.8 Å². The number of nitrogens with zero attached hydrogens (tertiary/aromatic N) is 3. The van der Waals surface area contributed by atoms with Crippen LogP contribution in [0.1, 0.15) is 64.8 Å². The molecular formula is C42H41N4O6P. The molecule has 8 rings (SSSR count). The molecule has 53 heavy (non-hydrogen) atoms. The van der Waals surface area contributed by atoms with Crippen LogP contribution in [0.25, 0.3) is 43.1 Å². The first kappa shape index (κ1) is 35.4. The van der Waals surface area contributed by atoms with E-state index in [0.717, 1.165) is 27.1 Å². The Labute approximate surface area is 308 Å². The zero-order chi connectivity index (χ0) is 37.0. The lowest BCUT2D eigenvalue weighted by Crippen LogP contribution is -2.43. The molecule has 2 aliphatic heterocycles. The minimum atomic E-state index is -1.60. The van der Waals surface area contributed by atoms with Crippen LogP contribution in [0.5, 0.6) is 0 Å². The first-order valence-electron chi connectivity index (χ1n) is 18.2. The monoisotopic (exact) mass is 728 g/mol. The van der Waals surface area contributed by atoms with Gasteiger partial charge < -0.3 is 18.5 Å². The minimum absolute atomic E-state index is 0.105. The van der Waals surface area contributed by atoms with E-state index in [1.165, 1.54) is 32.3 Å². The Bertz CT molecular complexity index is 2520. The maximum atomic E-state index is 13.4. The average molecular weight is 729 g/mol. The van der Waals surface area contributed by atoms with Crippen molar-refractivity contribution in [1.82, 2.24) is 14.2 Å². The highest BCUT2D eigenvalue weighted by molar-refractivity contribution is 7.44. The fraction of sp³-hybridized carbons (Fsp3) is 0.357. The first-order chi connectivity index (χ1) is 25.7. The zero-order valence-corrected chi connectivity index (χ0v) is 31.3. The van der Waals surface area contributed by atoms with Gasteiger partial charge in [-0.2, -0.15) is 5.26 Å². The van der Waals surface area contributed by atoms with Crippen molar-refractivity contribution in [2.24, 2.45) is 0 Å². The number of hydrogen-bond donors (Lipinski definition) is 1. The Morgan fingerprint density at radius 2 is 1.57 bits per heavy atom. The number of fused-ring (bicyclic) bond motifs is 4. The molecule has 11 heteroatoms. The van der Waals surface area contributed by atoms with Gasteiger partial charge in [0.2, 0.25) is 0 Å². The summed E-state index contributed by atoms with van der Waals surface area (Å²) in [4.78, 5) is 29.1. The normalized spacial score (nSPS) is 21.8. The fourth-order valence-corrected chi connectivity index (χ4v) is 9.96. The second kappa shape index (κ2) is 14.0. The maximum Gasteiger partial charge on any atom is 0.330 e. The van der Waals surface area contributed by atoms with E-state index >= 15 is 0 Å². The second-order valence-corrected chi connectivity index (χ2v) is 15.7. The van der Waals surface area contributed by atoms with Gasteiger partial charge in [0.15, 0.2) is 6.23 Å². The summed E-state index contributed by atoms with van der Waals surface area (Å²) in [6, 6.07) is 25.5. The number of nitriles is 1. The van der Waals surface area contributed by atoms with Gasteiger partial charge in [-0.05, 0) is 83.3 Å². The summed E-state index contributed by atoms with van der Waals surface area (Å²) in [7, 11) is -1.60. The largest absolute Gasteiger partial charge is 0.368 e. The van der Waals surface area contributed by atoms with E-state index in [0.29, 0.717) is 6.42 Å². The molecule has 0 amide bonds. The number of aromatic nitrogens is 2. The van der Waals surface area contributed by atoms with Gasteiger partial charge in [-0.15, -0.1) is 0 Å². The van der Waals surface area contributed by atoms with Crippen LogP contribution in [0.2, 0.25) is 0 Å². The predicted molar refractivity (Wildman–Crippen MR) is 208 cm³/mol. The highest BCUT2D eigenvalue weighted by atomic mass is 31.2. The SMILES string of the molecule is CC[C@@]12CO[C@H](C1OP(OCCC#N)N(C(C)C)C(C)C)[C@H](n1cc(C#Cc3ccc4c5cccc6cccc(c7cccc3c74)c65)c(=O)[nH]c1=O)O2. The number of benzene rings is 5. The average Bonchev–Trinajstić information content (AvgIpc) is 3.65. The van der Waals surface area contributed by atoms with E-state index in [1.807, 2.05) is 19.1 Å². The Hall–Kier alpha value is -4.64. The van der Waals surface area contributed by atoms with Crippen LogP contribution >= 0.6 is 8.53 Å². The Morgan fingerprint density at radius 3 is 2.25 bits per heavy atom. The molecule has 0 spiro atoms. The highest BCUT2D eigenvalue weighted by Gasteiger charge is 2.63. The third-order valence-electron chi connectivity index (χ3n) is 10.5. The number of aromatic amines is 1. The van der Waals surface area contributed by atoms with Crippen LogP contribution in [0.3, 0.4) is 0 Å². The zero-order valence-electron chi connectivity index (χ0n) is 30.4. The summed E-state index contributed by atoms with van der Waals surface area (Å²) in [5.41, 5.74) is -1.15. The number of nitrogens with one attached hydrogen (secondary N) is 1. The van der Waals surface area contributed by atoms with Gasteiger partial charge >= 0.3 is 5.69 Å². The van der Waals surface area contributed by atoms with Crippen molar-refractivity contribution in [2.45, 2.75) is 83.6 Å². The third kappa shape index (κ3) is 5.91. The van der Waals surface area contributed by atoms with Crippen LogP contribution < -0.4 is 11.2 Å². The molecule has 5 aromatic carbocycles. The predicted octanol–water partition coefficient (Wildman–Crippen LogP) is 7.72. The van der Waals surface area contributed by atoms with Crippen LogP contribution in [-0.2, 0) is 18.5 Å². The Balaban J connectivity index is 1.16. The lowest BCUT2D eigenvalue weighted by molar-refractivity contribution is -0.175. The van der Waals surface area contributed by atoms with E-state index in [4.69, 9.17) is 18.5 Å². The number of hydrogen-bond acceptors (Lipinski definition) is 8. The smallest absolute Gasteiger partial charge is 0.330 e. The van der Waals surface area contributed by atoms with Crippen molar-refractivity contribution < 1.29 is 18.5 Å². The molecule has 6 aromatic rings. The van der Waals surface area contributed by atoms with E-state index in [9.17, 15) is 14.9 Å². The minimum Gasteiger partial charge on any atom is -0.368 e. The van der Waals surface area contributed by atoms with Crippen molar-refractivity contribution in [3.05, 3.63) is 105 Å². The fourth-order valence-electron chi connectivity index (χ4n) is 8.15. The van der Waals surface area contributed by atoms with Gasteiger partial charge in [-0.3, -0.25) is 14.3 Å². The van der Waals surface area contributed by atoms with Crippen LogP contribution in [0.15, 0.2) is 82.5 Å². The molecule has 10 nitrogen and oxygen atoms in total. The molecule has 0 saturated carbocycles. The summed E-state index contributed by atoms with van der Waals surface area (Å²) < 4.78 is 29.4. The maximum absolute atomic E-state index is 13.4. The molecule has 2 aliphatic rings. The summed E-state index contributed by atoms with van der Waals surface area (Å²) in [5, 5.41) is 18.4. The molecule has 1 aromatic heterocycles. The molecule has 2 bridgehead atoms. The standard InChI is InChI=1S/C42H41N4O6P/c1-6-42-24-49-37(38(42)52-53(50-22-10-21-43)46(25(2)3)26(4)5)40(51-42)45-23-29(39(47)44-41(45)48)18-17-27-19-20-34-32-15-8-12-28-11-7-14-31(35(28)32)33-16-9-13-30(27)36(33)34/h7-9,11-16,19-20,23,25-26,37-38,40H,6,10,22,24H2,1-5H3,(H,44,47,48)/t37-,38?,40-,42-,53?/m1/s1. The Morgan fingerprint density at radius 1 is 0.925 bits per heavy atom. The lowest BCUT2D eigenvalue weighted by Gasteiger charge is -2.38. The molecule has 2 fully saturated rings. The molecule has 0 radical (unpaired) electrons. The molecule has 270 valence electrons. The van der Waals surface area contributed by atoms with E-state index in [1.54, 1.807) is 0 Å². The van der Waals surface area contributed by atoms with Gasteiger partial charge in [0, 0.05) is 23.8 Å². The van der Waals surface area contributed by atoms with Gasteiger partial charge in [0.05, 0.1) is 25.7 Å². The van der Waals surface area contributed by atoms with Crippen molar-refractivity contribution in [3.63, 3.8) is 0 Å². The quantitative estimate of drug-likeness (QED) is 0.0501. The molecular weight excluding hydrogens is 687 g/mol. The van der Waals surface area contributed by atoms with E-state index in [-0.39, 0.29) is 37.3 Å². The van der Waals surface area contributed by atoms with Crippen molar-refractivity contribution in [3.8, 4) is 17.9 Å². The third-order valence-corrected chi connectivity index (χ3v) is 12.6. The second-order valence-electron chi connectivity index (χ2n) is 14.3. The highest BCUT2D eigenvalue weighted by Crippen LogP contribution is 2.56. The Kier molecular flexibility index (Phi) is 9.33. The molecule has 0 aliphatic carbocycles. The van der Waals surface area contributed by atoms with Crippen LogP contribution in [0.4, 0.5) is 0 Å². The van der Waals surface area contributed by atoms with E-state index in [2.05, 4.69) is 110 Å². The molecule has 2 saturated heterocycles. The van der Waals surface area contributed by atoms with Crippen molar-refractivity contribution in [1.29, 1.82) is 5.26 Å². The molecule has 3 heterocycles. The number of ether oxygens (including phenoxy) is 2. The number of rotatable bonds is 10. The van der Waals surface area contributed by atoms with Crippen LogP contribution in [0, 0.1) is 23.2 Å². The first-order valence-corrected chi connectivity index (χ1v) is 19.3. The lowest BCUT2D eigenvalue weighted by atomic mass is 9.88. The summed E-state index contributed by atoms with van der Waals surface area (Å²) in [6.45, 7) is 10.8. The van der Waals surface area contributed by atoms with Gasteiger partial charge in [-0.25, -0.2) is 9.46 Å². The molecule has 1 N–H and O–H groups in total. The van der Waals surface area contributed by atoms with Crippen LogP contribution in [-0.4, -0.2) is 57.3 Å². The molecule has 5 atom stereocenters. The van der Waals surface area contributed by atoms with Gasteiger partial charge in [0.1, 0.15) is 23.4 Å². The number of H-pyrrole nitrogens is 1. The summed E-state index contributed by atoms with van der Waals surface area (Å²) in [6.07, 6.45) is 0.169. The summed E-state index contributed by atoms with van der Waals surface area (Å²) in [5.74, 6) is 6.33. The van der Waals surface area contributed by atoms with Crippen molar-refractivity contribution >= 4 is 51.6 Å². The molecule has 2 unspecified atom stereocenters. The van der Waals surface area contributed by atoms with Gasteiger partial charge in [-0.1, -0.05) is 79.4 Å². The summed E-state index contributed by atoms with van der Waals surface area (Å²) >= 11 is 0. The van der Waals surface area contributed by atoms with Gasteiger partial charge in [0.25, 0.3) is 14.1 Å².